The molecule has 1 saturated heterocycles. The van der Waals surface area contributed by atoms with Gasteiger partial charge in [-0.1, -0.05) is 42.8 Å². The first-order chi connectivity index (χ1) is 12.3. The van der Waals surface area contributed by atoms with E-state index in [2.05, 4.69) is 51.1 Å². The molecule has 0 atom stereocenters. The molecule has 1 saturated carbocycles. The number of benzene rings is 1. The number of amides is 1. The van der Waals surface area contributed by atoms with E-state index in [-0.39, 0.29) is 0 Å². The van der Waals surface area contributed by atoms with E-state index in [9.17, 15) is 4.79 Å². The lowest BCUT2D eigenvalue weighted by Crippen LogP contribution is -2.55. The zero-order valence-electron chi connectivity index (χ0n) is 15.1. The van der Waals surface area contributed by atoms with Gasteiger partial charge in [0.05, 0.1) is 6.54 Å². The van der Waals surface area contributed by atoms with Gasteiger partial charge in [-0.15, -0.1) is 0 Å². The van der Waals surface area contributed by atoms with Gasteiger partial charge in [0.1, 0.15) is 0 Å². The molecule has 4 nitrogen and oxygen atoms in total. The normalized spacial score (nSPS) is 23.2. The first-order valence-electron chi connectivity index (χ1n) is 9.78. The molecule has 3 aliphatic rings. The number of carbonyl (C=O) groups is 1. The summed E-state index contributed by atoms with van der Waals surface area (Å²) >= 11 is 0. The summed E-state index contributed by atoms with van der Waals surface area (Å²) in [6, 6.07) is 11.4. The fourth-order valence-corrected chi connectivity index (χ4v) is 4.15. The summed E-state index contributed by atoms with van der Waals surface area (Å²) in [6.07, 6.45) is 7.43. The highest BCUT2D eigenvalue weighted by molar-refractivity contribution is 5.78. The molecule has 0 aromatic heterocycles. The quantitative estimate of drug-likeness (QED) is 0.843. The van der Waals surface area contributed by atoms with Crippen LogP contribution < -0.4 is 0 Å². The molecule has 4 rings (SSSR count). The Morgan fingerprint density at radius 2 is 1.76 bits per heavy atom. The molecule has 2 fully saturated rings. The van der Waals surface area contributed by atoms with E-state index >= 15 is 0 Å². The Balaban J connectivity index is 1.24. The SMILES string of the molecule is O=C(CN1CC=C(c2ccccc2)CC1)N1CCN(C2CCC2)CC1. The van der Waals surface area contributed by atoms with Crippen LogP contribution in [-0.4, -0.2) is 72.5 Å². The number of hydrogen-bond acceptors (Lipinski definition) is 3. The summed E-state index contributed by atoms with van der Waals surface area (Å²) in [4.78, 5) is 19.6. The van der Waals surface area contributed by atoms with Crippen molar-refractivity contribution in [3.8, 4) is 0 Å². The average molecular weight is 339 g/mol. The Kier molecular flexibility index (Phi) is 5.18. The van der Waals surface area contributed by atoms with Crippen molar-refractivity contribution in [1.29, 1.82) is 0 Å². The number of rotatable bonds is 4. The molecule has 2 heterocycles. The molecule has 1 aromatic rings. The molecule has 0 N–H and O–H groups in total. The first kappa shape index (κ1) is 16.8. The van der Waals surface area contributed by atoms with Crippen LogP contribution in [0.2, 0.25) is 0 Å². The maximum Gasteiger partial charge on any atom is 0.236 e. The molecular formula is C21H29N3O. The van der Waals surface area contributed by atoms with Crippen molar-refractivity contribution in [2.24, 2.45) is 0 Å². The third-order valence-electron chi connectivity index (χ3n) is 6.05. The second kappa shape index (κ2) is 7.71. The van der Waals surface area contributed by atoms with Crippen LogP contribution in [0.3, 0.4) is 0 Å². The van der Waals surface area contributed by atoms with Gasteiger partial charge in [0.15, 0.2) is 0 Å². The molecular weight excluding hydrogens is 310 g/mol. The van der Waals surface area contributed by atoms with Crippen LogP contribution in [0.15, 0.2) is 36.4 Å². The lowest BCUT2D eigenvalue weighted by atomic mass is 9.91. The van der Waals surface area contributed by atoms with Gasteiger partial charge >= 0.3 is 0 Å². The zero-order chi connectivity index (χ0) is 17.1. The molecule has 0 radical (unpaired) electrons. The monoisotopic (exact) mass is 339 g/mol. The maximum absolute atomic E-state index is 12.6. The first-order valence-corrected chi connectivity index (χ1v) is 9.78. The molecule has 0 unspecified atom stereocenters. The Labute approximate surface area is 151 Å². The van der Waals surface area contributed by atoms with Gasteiger partial charge in [0, 0.05) is 45.3 Å². The molecule has 1 aliphatic carbocycles. The van der Waals surface area contributed by atoms with Crippen molar-refractivity contribution in [1.82, 2.24) is 14.7 Å². The van der Waals surface area contributed by atoms with E-state index in [0.29, 0.717) is 12.5 Å². The summed E-state index contributed by atoms with van der Waals surface area (Å²) in [6.45, 7) is 6.39. The minimum Gasteiger partial charge on any atom is -0.339 e. The molecule has 25 heavy (non-hydrogen) atoms. The van der Waals surface area contributed by atoms with Crippen molar-refractivity contribution < 1.29 is 4.79 Å². The molecule has 134 valence electrons. The highest BCUT2D eigenvalue weighted by Crippen LogP contribution is 2.26. The summed E-state index contributed by atoms with van der Waals surface area (Å²) < 4.78 is 0. The van der Waals surface area contributed by atoms with Gasteiger partial charge in [-0.05, 0) is 30.4 Å². The van der Waals surface area contributed by atoms with Crippen molar-refractivity contribution in [2.45, 2.75) is 31.7 Å². The van der Waals surface area contributed by atoms with Gasteiger partial charge in [0.25, 0.3) is 0 Å². The summed E-state index contributed by atoms with van der Waals surface area (Å²) in [5.74, 6) is 0.310. The van der Waals surface area contributed by atoms with Crippen LogP contribution in [0.1, 0.15) is 31.2 Å². The Hall–Kier alpha value is -1.65. The van der Waals surface area contributed by atoms with Crippen molar-refractivity contribution >= 4 is 11.5 Å². The fraction of sp³-hybridized carbons (Fsp3) is 0.571. The highest BCUT2D eigenvalue weighted by Gasteiger charge is 2.29. The molecule has 0 bridgehead atoms. The predicted molar refractivity (Wildman–Crippen MR) is 101 cm³/mol. The third kappa shape index (κ3) is 3.96. The molecule has 1 amide bonds. The largest absolute Gasteiger partial charge is 0.339 e. The minimum atomic E-state index is 0.310. The molecule has 0 spiro atoms. The standard InChI is InChI=1S/C21H29N3O/c25-21(24-15-13-23(14-16-24)20-7-4-8-20)17-22-11-9-19(10-12-22)18-5-2-1-3-6-18/h1-3,5-6,9,20H,4,7-8,10-17H2. The van der Waals surface area contributed by atoms with E-state index in [1.54, 1.807) is 0 Å². The Morgan fingerprint density at radius 1 is 1.00 bits per heavy atom. The number of nitrogens with zero attached hydrogens (tertiary/aromatic N) is 3. The van der Waals surface area contributed by atoms with Gasteiger partial charge in [-0.2, -0.15) is 0 Å². The predicted octanol–water partition coefficient (Wildman–Crippen LogP) is 2.47. The van der Waals surface area contributed by atoms with Crippen molar-refractivity contribution in [3.63, 3.8) is 0 Å². The number of piperazine rings is 1. The van der Waals surface area contributed by atoms with Crippen LogP contribution in [-0.2, 0) is 4.79 Å². The Morgan fingerprint density at radius 3 is 2.36 bits per heavy atom. The lowest BCUT2D eigenvalue weighted by Gasteiger charge is -2.43. The smallest absolute Gasteiger partial charge is 0.236 e. The van der Waals surface area contributed by atoms with E-state index in [1.165, 1.54) is 30.4 Å². The van der Waals surface area contributed by atoms with Crippen LogP contribution >= 0.6 is 0 Å². The van der Waals surface area contributed by atoms with Crippen LogP contribution in [0.25, 0.3) is 5.57 Å². The lowest BCUT2D eigenvalue weighted by molar-refractivity contribution is -0.134. The summed E-state index contributed by atoms with van der Waals surface area (Å²) in [7, 11) is 0. The van der Waals surface area contributed by atoms with Crippen LogP contribution in [0.4, 0.5) is 0 Å². The topological polar surface area (TPSA) is 26.8 Å². The summed E-state index contributed by atoms with van der Waals surface area (Å²) in [5.41, 5.74) is 2.74. The second-order valence-electron chi connectivity index (χ2n) is 7.58. The summed E-state index contributed by atoms with van der Waals surface area (Å²) in [5, 5.41) is 0. The van der Waals surface area contributed by atoms with Crippen LogP contribution in [0, 0.1) is 0 Å². The minimum absolute atomic E-state index is 0.310. The zero-order valence-corrected chi connectivity index (χ0v) is 15.1. The van der Waals surface area contributed by atoms with E-state index < -0.39 is 0 Å². The van der Waals surface area contributed by atoms with Crippen LogP contribution in [0.5, 0.6) is 0 Å². The molecule has 4 heteroatoms. The van der Waals surface area contributed by atoms with E-state index in [1.807, 2.05) is 0 Å². The average Bonchev–Trinajstić information content (AvgIpc) is 2.62. The number of hydrogen-bond donors (Lipinski definition) is 0. The van der Waals surface area contributed by atoms with Gasteiger partial charge in [0.2, 0.25) is 5.91 Å². The van der Waals surface area contributed by atoms with Gasteiger partial charge in [-0.3, -0.25) is 14.6 Å². The maximum atomic E-state index is 12.6. The van der Waals surface area contributed by atoms with Crippen molar-refractivity contribution in [2.75, 3.05) is 45.8 Å². The molecule has 2 aliphatic heterocycles. The van der Waals surface area contributed by atoms with E-state index in [0.717, 1.165) is 51.7 Å². The van der Waals surface area contributed by atoms with Gasteiger partial charge < -0.3 is 4.90 Å². The Bertz CT molecular complexity index is 615. The second-order valence-corrected chi connectivity index (χ2v) is 7.58. The van der Waals surface area contributed by atoms with Crippen molar-refractivity contribution in [3.05, 3.63) is 42.0 Å². The van der Waals surface area contributed by atoms with Gasteiger partial charge in [-0.25, -0.2) is 0 Å². The highest BCUT2D eigenvalue weighted by atomic mass is 16.2. The third-order valence-corrected chi connectivity index (χ3v) is 6.05. The van der Waals surface area contributed by atoms with E-state index in [4.69, 9.17) is 0 Å². The molecule has 1 aromatic carbocycles. The fourth-order valence-electron chi connectivity index (χ4n) is 4.15. The number of carbonyl (C=O) groups excluding carboxylic acids is 1.